The van der Waals surface area contributed by atoms with Crippen molar-refractivity contribution in [3.8, 4) is 11.8 Å². The van der Waals surface area contributed by atoms with Crippen molar-refractivity contribution in [1.29, 1.82) is 5.26 Å². The van der Waals surface area contributed by atoms with E-state index in [1.54, 1.807) is 0 Å². The van der Waals surface area contributed by atoms with E-state index in [2.05, 4.69) is 10.1 Å². The van der Waals surface area contributed by atoms with Crippen LogP contribution in [0.25, 0.3) is 0 Å². The predicted octanol–water partition coefficient (Wildman–Crippen LogP) is 3.68. The van der Waals surface area contributed by atoms with Gasteiger partial charge in [-0.25, -0.2) is 20.8 Å². The van der Waals surface area contributed by atoms with E-state index < -0.39 is 79.1 Å². The van der Waals surface area contributed by atoms with Crippen LogP contribution < -0.4 is 15.4 Å². The van der Waals surface area contributed by atoms with Gasteiger partial charge >= 0.3 is 12.8 Å². The molecule has 3 aromatic rings. The summed E-state index contributed by atoms with van der Waals surface area (Å²) in [5.74, 6) is -4.01. The molecule has 2 atom stereocenters. The maximum absolute atomic E-state index is 14.6. The zero-order valence-corrected chi connectivity index (χ0v) is 24.2. The summed E-state index contributed by atoms with van der Waals surface area (Å²) >= 11 is 0. The number of alkyl halides is 5. The Morgan fingerprint density at radius 3 is 2.23 bits per heavy atom. The molecule has 1 aliphatic rings. The van der Waals surface area contributed by atoms with Gasteiger partial charge in [-0.3, -0.25) is 10.1 Å². The van der Waals surface area contributed by atoms with Gasteiger partial charge in [0.25, 0.3) is 10.0 Å². The molecule has 44 heavy (non-hydrogen) atoms. The topological polar surface area (TPSA) is 147 Å². The fraction of sp³-hybridized carbons (Fsp3) is 0.333. The quantitative estimate of drug-likeness (QED) is 0.264. The van der Waals surface area contributed by atoms with E-state index in [9.17, 15) is 48.8 Å². The first kappa shape index (κ1) is 32.9. The number of rotatable bonds is 13. The van der Waals surface area contributed by atoms with Gasteiger partial charge < -0.3 is 10.1 Å². The summed E-state index contributed by atoms with van der Waals surface area (Å²) in [7, 11) is -9.11. The van der Waals surface area contributed by atoms with Crippen molar-refractivity contribution < 1.29 is 48.3 Å². The highest BCUT2D eigenvalue weighted by molar-refractivity contribution is 7.90. The summed E-state index contributed by atoms with van der Waals surface area (Å²) in [6, 6.07) is 10.1. The molecule has 1 amide bonds. The molecule has 0 bridgehead atoms. The van der Waals surface area contributed by atoms with Crippen molar-refractivity contribution in [3.63, 3.8) is 0 Å². The molecule has 0 saturated heterocycles. The number of halogens is 5. The molecule has 0 aliphatic heterocycles. The Balaban J connectivity index is 1.71. The molecule has 236 valence electrons. The number of para-hydroxylation sites is 1. The van der Waals surface area contributed by atoms with Gasteiger partial charge in [0.2, 0.25) is 5.91 Å². The number of nitrogens with one attached hydrogen (secondary N) is 2. The van der Waals surface area contributed by atoms with E-state index >= 15 is 0 Å². The van der Waals surface area contributed by atoms with Crippen molar-refractivity contribution in [2.45, 2.75) is 53.9 Å². The van der Waals surface area contributed by atoms with Crippen molar-refractivity contribution in [2.75, 3.05) is 5.75 Å². The van der Waals surface area contributed by atoms with E-state index in [1.165, 1.54) is 42.5 Å². The standard InChI is InChI=1S/C27H25F5N4O6S2/c28-25(29)42-22-11-5-4-7-18(22)15-43(38,39)16-20(24(37)35-26(17-33)12-13-26)34-23(27(30,31)32)21-10-6-14-36(21)44(40,41)19-8-2-1-3-9-19/h1-11,14,20,23,25,34H,12-13,15-16H2,(H,35,37)/t20-,23-/m0/s1. The number of carbonyl (C=O) groups is 1. The first-order valence-corrected chi connectivity index (χ1v) is 16.1. The summed E-state index contributed by atoms with van der Waals surface area (Å²) in [6.45, 7) is -3.30. The number of carbonyl (C=O) groups excluding carboxylic acids is 1. The molecule has 2 aromatic carbocycles. The Hall–Kier alpha value is -4.01. The molecule has 0 spiro atoms. The summed E-state index contributed by atoms with van der Waals surface area (Å²) in [6.07, 6.45) is -4.03. The van der Waals surface area contributed by atoms with Gasteiger partial charge in [0, 0.05) is 11.8 Å². The molecular formula is C27H25F5N4O6S2. The minimum absolute atomic E-state index is 0.175. The van der Waals surface area contributed by atoms with Crippen LogP contribution in [0, 0.1) is 11.3 Å². The van der Waals surface area contributed by atoms with Crippen LogP contribution in [0.3, 0.4) is 0 Å². The second-order valence-electron chi connectivity index (χ2n) is 9.96. The van der Waals surface area contributed by atoms with Crippen molar-refractivity contribution in [2.24, 2.45) is 0 Å². The lowest BCUT2D eigenvalue weighted by molar-refractivity contribution is -0.161. The summed E-state index contributed by atoms with van der Waals surface area (Å²) in [4.78, 5) is 12.9. The highest BCUT2D eigenvalue weighted by atomic mass is 32.2. The lowest BCUT2D eigenvalue weighted by atomic mass is 10.1. The lowest BCUT2D eigenvalue weighted by Gasteiger charge is -2.28. The number of benzene rings is 2. The largest absolute Gasteiger partial charge is 0.435 e. The van der Waals surface area contributed by atoms with Crippen molar-refractivity contribution in [1.82, 2.24) is 14.6 Å². The van der Waals surface area contributed by atoms with E-state index in [-0.39, 0.29) is 23.3 Å². The number of nitrogens with zero attached hydrogens (tertiary/aromatic N) is 2. The molecule has 1 saturated carbocycles. The zero-order valence-electron chi connectivity index (χ0n) is 22.5. The molecular weight excluding hydrogens is 635 g/mol. The SMILES string of the molecule is N#CC1(NC(=O)[C@H](CS(=O)(=O)Cc2ccccc2OC(F)F)N[C@@H](c2cccn2S(=O)(=O)c2ccccc2)C(F)(F)F)CC1. The third-order valence-corrected chi connectivity index (χ3v) is 9.97. The summed E-state index contributed by atoms with van der Waals surface area (Å²) < 4.78 is 127. The van der Waals surface area contributed by atoms with Crippen LogP contribution in [0.2, 0.25) is 0 Å². The van der Waals surface area contributed by atoms with Crippen LogP contribution in [0.1, 0.15) is 30.1 Å². The third-order valence-electron chi connectivity index (χ3n) is 6.66. The number of aromatic nitrogens is 1. The van der Waals surface area contributed by atoms with E-state index in [0.717, 1.165) is 30.5 Å². The van der Waals surface area contributed by atoms with Gasteiger partial charge in [0.05, 0.1) is 28.2 Å². The van der Waals surface area contributed by atoms with Crippen LogP contribution in [-0.2, 0) is 30.4 Å². The molecule has 17 heteroatoms. The first-order chi connectivity index (χ1) is 20.6. The average Bonchev–Trinajstić information content (AvgIpc) is 3.54. The predicted molar refractivity (Wildman–Crippen MR) is 145 cm³/mol. The second kappa shape index (κ2) is 12.5. The Kier molecular flexibility index (Phi) is 9.37. The molecule has 4 rings (SSSR count). The highest BCUT2D eigenvalue weighted by Gasteiger charge is 2.49. The number of ether oxygens (including phenoxy) is 1. The normalized spacial score (nSPS) is 16.1. The second-order valence-corrected chi connectivity index (χ2v) is 13.9. The van der Waals surface area contributed by atoms with Crippen molar-refractivity contribution >= 4 is 25.8 Å². The molecule has 1 aromatic heterocycles. The van der Waals surface area contributed by atoms with Gasteiger partial charge in [0.15, 0.2) is 9.84 Å². The fourth-order valence-corrected chi connectivity index (χ4v) is 7.36. The van der Waals surface area contributed by atoms with Crippen LogP contribution in [-0.4, -0.2) is 56.8 Å². The molecule has 10 nitrogen and oxygen atoms in total. The zero-order chi connectivity index (χ0) is 32.3. The van der Waals surface area contributed by atoms with Gasteiger partial charge in [-0.15, -0.1) is 0 Å². The van der Waals surface area contributed by atoms with E-state index in [4.69, 9.17) is 0 Å². The summed E-state index contributed by atoms with van der Waals surface area (Å²) in [5, 5.41) is 13.6. The monoisotopic (exact) mass is 660 g/mol. The van der Waals surface area contributed by atoms with E-state index in [1.807, 2.05) is 11.4 Å². The third kappa shape index (κ3) is 7.73. The highest BCUT2D eigenvalue weighted by Crippen LogP contribution is 2.37. The molecule has 1 fully saturated rings. The molecule has 2 N–H and O–H groups in total. The number of amides is 1. The fourth-order valence-electron chi connectivity index (χ4n) is 4.37. The average molecular weight is 661 g/mol. The Morgan fingerprint density at radius 2 is 1.64 bits per heavy atom. The number of hydrogen-bond donors (Lipinski definition) is 2. The number of sulfone groups is 1. The van der Waals surface area contributed by atoms with Gasteiger partial charge in [-0.2, -0.15) is 27.2 Å². The number of hydrogen-bond acceptors (Lipinski definition) is 8. The first-order valence-electron chi connectivity index (χ1n) is 12.8. The maximum atomic E-state index is 14.6. The van der Waals surface area contributed by atoms with Crippen LogP contribution in [0.4, 0.5) is 22.0 Å². The minimum Gasteiger partial charge on any atom is -0.435 e. The number of nitriles is 1. The van der Waals surface area contributed by atoms with Gasteiger partial charge in [-0.05, 0) is 43.2 Å². The van der Waals surface area contributed by atoms with Gasteiger partial charge in [0.1, 0.15) is 23.4 Å². The Labute approximate surface area is 249 Å². The van der Waals surface area contributed by atoms with Gasteiger partial charge in [-0.1, -0.05) is 36.4 Å². The lowest BCUT2D eigenvalue weighted by Crippen LogP contribution is -2.54. The Morgan fingerprint density at radius 1 is 1.00 bits per heavy atom. The van der Waals surface area contributed by atoms with Crippen LogP contribution >= 0.6 is 0 Å². The molecule has 1 aliphatic carbocycles. The van der Waals surface area contributed by atoms with Crippen LogP contribution in [0.15, 0.2) is 77.8 Å². The van der Waals surface area contributed by atoms with Crippen molar-refractivity contribution in [3.05, 3.63) is 84.2 Å². The van der Waals surface area contributed by atoms with Crippen LogP contribution in [0.5, 0.6) is 5.75 Å². The smallest absolute Gasteiger partial charge is 0.409 e. The molecule has 0 radical (unpaired) electrons. The Bertz CT molecular complexity index is 1750. The summed E-state index contributed by atoms with van der Waals surface area (Å²) in [5.41, 5.74) is -2.50. The minimum atomic E-state index is -5.26. The van der Waals surface area contributed by atoms with E-state index in [0.29, 0.717) is 3.97 Å². The molecule has 1 heterocycles. The maximum Gasteiger partial charge on any atom is 0.409 e. The molecule has 0 unspecified atom stereocenters.